The van der Waals surface area contributed by atoms with Crippen molar-refractivity contribution in [1.29, 1.82) is 0 Å². The Hall–Kier alpha value is -2.27. The van der Waals surface area contributed by atoms with Gasteiger partial charge in [-0.1, -0.05) is 6.07 Å². The van der Waals surface area contributed by atoms with Gasteiger partial charge in [0.15, 0.2) is 11.5 Å². The van der Waals surface area contributed by atoms with Crippen molar-refractivity contribution in [1.82, 2.24) is 15.3 Å². The number of rotatable bonds is 7. The van der Waals surface area contributed by atoms with Gasteiger partial charge in [0.25, 0.3) is 0 Å². The summed E-state index contributed by atoms with van der Waals surface area (Å²) in [7, 11) is 1.60. The fourth-order valence-electron chi connectivity index (χ4n) is 3.58. The average molecular weight is 450 g/mol. The van der Waals surface area contributed by atoms with Gasteiger partial charge >= 0.3 is 11.4 Å². The first-order valence-electron chi connectivity index (χ1n) is 10.3. The van der Waals surface area contributed by atoms with Gasteiger partial charge in [0.1, 0.15) is 12.4 Å². The number of methoxy groups -OCH3 is 1. The van der Waals surface area contributed by atoms with Gasteiger partial charge in [-0.25, -0.2) is 9.97 Å². The van der Waals surface area contributed by atoms with Crippen LogP contribution < -0.4 is 19.5 Å². The second-order valence-corrected chi connectivity index (χ2v) is 8.49. The fraction of sp³-hybridized carbons (Fsp3) is 0.524. The summed E-state index contributed by atoms with van der Waals surface area (Å²) >= 11 is -1.63. The highest BCUT2D eigenvalue weighted by atomic mass is 32.2. The van der Waals surface area contributed by atoms with Gasteiger partial charge in [-0.3, -0.25) is 8.37 Å². The first kappa shape index (κ1) is 21.9. The third-order valence-electron chi connectivity index (χ3n) is 5.32. The second kappa shape index (κ2) is 10.4. The summed E-state index contributed by atoms with van der Waals surface area (Å²) in [5.74, 6) is 2.26. The van der Waals surface area contributed by atoms with Crippen LogP contribution in [-0.4, -0.2) is 53.7 Å². The van der Waals surface area contributed by atoms with Crippen LogP contribution in [0, 0.1) is 12.8 Å². The molecule has 1 aromatic carbocycles. The monoisotopic (exact) mass is 449 g/mol. The van der Waals surface area contributed by atoms with Gasteiger partial charge in [-0.15, -0.1) is 0 Å². The lowest BCUT2D eigenvalue weighted by atomic mass is 10.0. The summed E-state index contributed by atoms with van der Waals surface area (Å²) in [6, 6.07) is 5.74. The maximum atomic E-state index is 11.2. The molecule has 2 saturated heterocycles. The molecule has 0 atom stereocenters. The normalized spacial score (nSPS) is 22.1. The molecule has 3 heterocycles. The number of ether oxygens (including phenoxy) is 3. The molecule has 1 N–H and O–H groups in total. The molecule has 31 heavy (non-hydrogen) atoms. The lowest BCUT2D eigenvalue weighted by Gasteiger charge is -2.24. The minimum Gasteiger partial charge on any atom is -0.493 e. The molecule has 1 aromatic heterocycles. The Kier molecular flexibility index (Phi) is 7.33. The highest BCUT2D eigenvalue weighted by Gasteiger charge is 2.22. The van der Waals surface area contributed by atoms with Crippen LogP contribution in [0.15, 0.2) is 24.5 Å². The maximum absolute atomic E-state index is 11.2. The van der Waals surface area contributed by atoms with Gasteiger partial charge < -0.3 is 19.5 Å². The number of nitrogens with one attached hydrogen (secondary N) is 1. The standard InChI is InChI=1S/C21H27N3O6S/c1-14-20(29-17-5-7-22-8-6-17)23-13-24-21(14)30-18-4-3-15(10-19(18)26-2)9-16-11-27-31(25)28-12-16/h3-4,10,13,16-17,22H,5-9,11-12H2,1-2H3. The van der Waals surface area contributed by atoms with Crippen LogP contribution in [0.3, 0.4) is 0 Å². The van der Waals surface area contributed by atoms with Crippen molar-refractivity contribution in [3.8, 4) is 23.3 Å². The Morgan fingerprint density at radius 3 is 2.61 bits per heavy atom. The van der Waals surface area contributed by atoms with E-state index in [-0.39, 0.29) is 12.0 Å². The average Bonchev–Trinajstić information content (AvgIpc) is 2.79. The zero-order valence-electron chi connectivity index (χ0n) is 17.7. The van der Waals surface area contributed by atoms with Crippen molar-refractivity contribution in [3.05, 3.63) is 35.7 Å². The highest BCUT2D eigenvalue weighted by molar-refractivity contribution is 7.75. The van der Waals surface area contributed by atoms with Crippen LogP contribution in [0.25, 0.3) is 0 Å². The van der Waals surface area contributed by atoms with Gasteiger partial charge in [-0.2, -0.15) is 4.21 Å². The molecule has 2 aliphatic rings. The molecule has 0 amide bonds. The second-order valence-electron chi connectivity index (χ2n) is 7.61. The first-order valence-corrected chi connectivity index (χ1v) is 11.3. The van der Waals surface area contributed by atoms with Crippen molar-refractivity contribution >= 4 is 11.4 Å². The van der Waals surface area contributed by atoms with E-state index in [4.69, 9.17) is 22.6 Å². The predicted molar refractivity (Wildman–Crippen MR) is 114 cm³/mol. The molecule has 10 heteroatoms. The Labute approximate surface area is 184 Å². The van der Waals surface area contributed by atoms with Gasteiger partial charge in [0.05, 0.1) is 25.9 Å². The number of benzene rings is 1. The Bertz CT molecular complexity index is 912. The van der Waals surface area contributed by atoms with Crippen LogP contribution in [-0.2, 0) is 26.1 Å². The summed E-state index contributed by atoms with van der Waals surface area (Å²) in [5, 5.41) is 3.33. The maximum Gasteiger partial charge on any atom is 0.304 e. The van der Waals surface area contributed by atoms with Crippen molar-refractivity contribution in [3.63, 3.8) is 0 Å². The molecule has 4 rings (SSSR count). The van der Waals surface area contributed by atoms with E-state index in [0.717, 1.165) is 37.1 Å². The van der Waals surface area contributed by atoms with E-state index in [1.165, 1.54) is 6.33 Å². The van der Waals surface area contributed by atoms with Crippen LogP contribution in [0.1, 0.15) is 24.0 Å². The van der Waals surface area contributed by atoms with Crippen molar-refractivity contribution < 1.29 is 26.8 Å². The lowest BCUT2D eigenvalue weighted by Crippen LogP contribution is -2.34. The molecule has 0 bridgehead atoms. The third kappa shape index (κ3) is 5.70. The summed E-state index contributed by atoms with van der Waals surface area (Å²) in [6.45, 7) is 4.57. The molecule has 0 spiro atoms. The largest absolute Gasteiger partial charge is 0.493 e. The molecule has 0 unspecified atom stereocenters. The van der Waals surface area contributed by atoms with Gasteiger partial charge in [0, 0.05) is 5.92 Å². The number of aromatic nitrogens is 2. The van der Waals surface area contributed by atoms with Crippen molar-refractivity contribution in [2.45, 2.75) is 32.3 Å². The zero-order valence-corrected chi connectivity index (χ0v) is 18.5. The van der Waals surface area contributed by atoms with E-state index in [1.807, 2.05) is 25.1 Å². The molecule has 2 fully saturated rings. The van der Waals surface area contributed by atoms with E-state index < -0.39 is 11.4 Å². The molecule has 2 aromatic rings. The fourth-order valence-corrected chi connectivity index (χ4v) is 4.25. The van der Waals surface area contributed by atoms with E-state index >= 15 is 0 Å². The summed E-state index contributed by atoms with van der Waals surface area (Å²) < 4.78 is 39.0. The first-order chi connectivity index (χ1) is 15.1. The van der Waals surface area contributed by atoms with Crippen LogP contribution in [0.5, 0.6) is 23.3 Å². The molecule has 2 aliphatic heterocycles. The van der Waals surface area contributed by atoms with Crippen molar-refractivity contribution in [2.75, 3.05) is 33.4 Å². The Balaban J connectivity index is 1.45. The minimum absolute atomic E-state index is 0.132. The number of nitrogens with zero attached hydrogens (tertiary/aromatic N) is 2. The molecular weight excluding hydrogens is 422 g/mol. The number of hydrogen-bond donors (Lipinski definition) is 1. The Morgan fingerprint density at radius 2 is 1.87 bits per heavy atom. The molecule has 0 aliphatic carbocycles. The van der Waals surface area contributed by atoms with E-state index in [9.17, 15) is 4.21 Å². The molecule has 0 radical (unpaired) electrons. The molecule has 168 valence electrons. The van der Waals surface area contributed by atoms with Gasteiger partial charge in [-0.05, 0) is 57.0 Å². The Morgan fingerprint density at radius 1 is 1.13 bits per heavy atom. The van der Waals surface area contributed by atoms with E-state index in [2.05, 4.69) is 15.3 Å². The summed E-state index contributed by atoms with van der Waals surface area (Å²) in [5.41, 5.74) is 1.79. The van der Waals surface area contributed by atoms with E-state index in [1.54, 1.807) is 7.11 Å². The molecular formula is C21H27N3O6S. The minimum atomic E-state index is -1.63. The zero-order chi connectivity index (χ0) is 21.6. The highest BCUT2D eigenvalue weighted by Crippen LogP contribution is 2.35. The smallest absolute Gasteiger partial charge is 0.304 e. The number of piperidine rings is 1. The molecule has 9 nitrogen and oxygen atoms in total. The van der Waals surface area contributed by atoms with E-state index in [0.29, 0.717) is 42.9 Å². The third-order valence-corrected chi connectivity index (χ3v) is 5.97. The summed E-state index contributed by atoms with van der Waals surface area (Å²) in [6.07, 6.45) is 4.20. The van der Waals surface area contributed by atoms with Crippen LogP contribution >= 0.6 is 0 Å². The van der Waals surface area contributed by atoms with Crippen LogP contribution in [0.4, 0.5) is 0 Å². The number of hydrogen-bond acceptors (Lipinski definition) is 9. The predicted octanol–water partition coefficient (Wildman–Crippen LogP) is 2.50. The topological polar surface area (TPSA) is 101 Å². The SMILES string of the molecule is COc1cc(CC2COS(=O)OC2)ccc1Oc1ncnc(OC2CCNCC2)c1C. The van der Waals surface area contributed by atoms with Gasteiger partial charge in [0.2, 0.25) is 11.8 Å². The van der Waals surface area contributed by atoms with Crippen molar-refractivity contribution in [2.24, 2.45) is 5.92 Å². The molecule has 0 saturated carbocycles. The van der Waals surface area contributed by atoms with Crippen LogP contribution in [0.2, 0.25) is 0 Å². The summed E-state index contributed by atoms with van der Waals surface area (Å²) in [4.78, 5) is 8.57. The quantitative estimate of drug-likeness (QED) is 0.683. The lowest BCUT2D eigenvalue weighted by molar-refractivity contribution is 0.124.